The molecule has 0 saturated carbocycles. The summed E-state index contributed by atoms with van der Waals surface area (Å²) in [5, 5.41) is 9.01. The summed E-state index contributed by atoms with van der Waals surface area (Å²) in [5.74, 6) is 1.60. The minimum absolute atomic E-state index is 0.257. The van der Waals surface area contributed by atoms with Crippen LogP contribution in [0.1, 0.15) is 31.0 Å². The van der Waals surface area contributed by atoms with Gasteiger partial charge in [-0.05, 0) is 50.6 Å². The van der Waals surface area contributed by atoms with E-state index < -0.39 is 0 Å². The second kappa shape index (κ2) is 4.53. The zero-order valence-corrected chi connectivity index (χ0v) is 11.7. The lowest BCUT2D eigenvalue weighted by Gasteiger charge is -2.12. The summed E-state index contributed by atoms with van der Waals surface area (Å²) in [6.45, 7) is 6.23. The van der Waals surface area contributed by atoms with Crippen LogP contribution in [0.5, 0.6) is 0 Å². The topological polar surface area (TPSA) is 54.8 Å². The number of imidazole rings is 1. The van der Waals surface area contributed by atoms with E-state index in [0.29, 0.717) is 5.56 Å². The molecule has 4 heteroatoms. The molecule has 0 spiro atoms. The molecule has 0 aliphatic carbocycles. The van der Waals surface area contributed by atoms with Crippen LogP contribution in [-0.4, -0.2) is 9.55 Å². The zero-order valence-electron chi connectivity index (χ0n) is 11.7. The molecule has 1 aromatic carbocycles. The van der Waals surface area contributed by atoms with Crippen molar-refractivity contribution in [1.29, 1.82) is 5.26 Å². The van der Waals surface area contributed by atoms with Crippen molar-refractivity contribution in [3.05, 3.63) is 41.7 Å². The number of benzene rings is 1. The Hall–Kier alpha value is -2.54. The fourth-order valence-corrected chi connectivity index (χ4v) is 2.45. The number of hydrogen-bond donors (Lipinski definition) is 0. The Morgan fingerprint density at radius 1 is 1.30 bits per heavy atom. The van der Waals surface area contributed by atoms with Crippen molar-refractivity contribution in [3.63, 3.8) is 0 Å². The molecule has 0 fully saturated rings. The first-order chi connectivity index (χ1) is 9.61. The van der Waals surface area contributed by atoms with Gasteiger partial charge in [0.2, 0.25) is 0 Å². The van der Waals surface area contributed by atoms with Crippen LogP contribution in [0.2, 0.25) is 0 Å². The average Bonchev–Trinajstić information content (AvgIpc) is 3.00. The Balaban J connectivity index is 2.34. The first kappa shape index (κ1) is 12.5. The third-order valence-corrected chi connectivity index (χ3v) is 3.40. The van der Waals surface area contributed by atoms with Crippen molar-refractivity contribution < 1.29 is 4.42 Å². The van der Waals surface area contributed by atoms with E-state index in [1.807, 2.05) is 31.2 Å². The van der Waals surface area contributed by atoms with Crippen molar-refractivity contribution >= 4 is 11.0 Å². The Morgan fingerprint density at radius 3 is 2.70 bits per heavy atom. The normalized spacial score (nSPS) is 11.2. The lowest BCUT2D eigenvalue weighted by atomic mass is 10.2. The highest BCUT2D eigenvalue weighted by Crippen LogP contribution is 2.31. The Labute approximate surface area is 117 Å². The summed E-state index contributed by atoms with van der Waals surface area (Å²) in [5.41, 5.74) is 3.52. The monoisotopic (exact) mass is 265 g/mol. The minimum Gasteiger partial charge on any atom is -0.461 e. The fraction of sp³-hybridized carbons (Fsp3) is 0.250. The van der Waals surface area contributed by atoms with Gasteiger partial charge in [-0.3, -0.25) is 0 Å². The molecule has 20 heavy (non-hydrogen) atoms. The summed E-state index contributed by atoms with van der Waals surface area (Å²) in [6.07, 6.45) is 1.68. The molecule has 0 atom stereocenters. The van der Waals surface area contributed by atoms with E-state index in [9.17, 15) is 0 Å². The minimum atomic E-state index is 0.257. The summed E-state index contributed by atoms with van der Waals surface area (Å²) in [4.78, 5) is 4.66. The molecule has 0 aliphatic heterocycles. The largest absolute Gasteiger partial charge is 0.461 e. The zero-order chi connectivity index (χ0) is 14.3. The molecule has 100 valence electrons. The van der Waals surface area contributed by atoms with E-state index in [4.69, 9.17) is 9.68 Å². The summed E-state index contributed by atoms with van der Waals surface area (Å²) >= 11 is 0. The maximum absolute atomic E-state index is 9.01. The van der Waals surface area contributed by atoms with E-state index in [0.717, 1.165) is 28.2 Å². The summed E-state index contributed by atoms with van der Waals surface area (Å²) < 4.78 is 7.72. The van der Waals surface area contributed by atoms with Gasteiger partial charge in [-0.25, -0.2) is 4.98 Å². The van der Waals surface area contributed by atoms with Crippen LogP contribution in [0.25, 0.3) is 22.6 Å². The second-order valence-electron chi connectivity index (χ2n) is 5.15. The summed E-state index contributed by atoms with van der Waals surface area (Å²) in [7, 11) is 0. The van der Waals surface area contributed by atoms with Crippen molar-refractivity contribution in [2.45, 2.75) is 26.8 Å². The third-order valence-electron chi connectivity index (χ3n) is 3.40. The van der Waals surface area contributed by atoms with Crippen LogP contribution >= 0.6 is 0 Å². The van der Waals surface area contributed by atoms with E-state index in [2.05, 4.69) is 29.5 Å². The van der Waals surface area contributed by atoms with Gasteiger partial charge in [-0.2, -0.15) is 5.26 Å². The van der Waals surface area contributed by atoms with Crippen molar-refractivity contribution in [2.75, 3.05) is 0 Å². The number of nitriles is 1. The first-order valence-electron chi connectivity index (χ1n) is 6.58. The molecular formula is C16H15N3O. The average molecular weight is 265 g/mol. The number of furan rings is 1. The number of fused-ring (bicyclic) bond motifs is 1. The molecular weight excluding hydrogens is 250 g/mol. The maximum atomic E-state index is 9.01. The van der Waals surface area contributed by atoms with Gasteiger partial charge in [0, 0.05) is 6.04 Å². The first-order valence-corrected chi connectivity index (χ1v) is 6.58. The van der Waals surface area contributed by atoms with Crippen LogP contribution in [-0.2, 0) is 0 Å². The molecule has 0 unspecified atom stereocenters. The molecule has 0 aliphatic rings. The molecule has 0 radical (unpaired) electrons. The van der Waals surface area contributed by atoms with E-state index in [1.54, 1.807) is 6.26 Å². The van der Waals surface area contributed by atoms with Crippen LogP contribution in [0.3, 0.4) is 0 Å². The number of nitrogens with zero attached hydrogens (tertiary/aromatic N) is 3. The van der Waals surface area contributed by atoms with Crippen LogP contribution in [0.4, 0.5) is 0 Å². The number of aryl methyl sites for hydroxylation is 1. The molecule has 0 N–H and O–H groups in total. The highest BCUT2D eigenvalue weighted by atomic mass is 16.3. The van der Waals surface area contributed by atoms with Crippen LogP contribution in [0, 0.1) is 18.3 Å². The standard InChI is InChI=1S/C16H15N3O/c1-10(2)19-14-5-4-12(9-17)8-13(14)18-16(19)15-11(3)6-7-20-15/h4-8,10H,1-3H3. The number of hydrogen-bond acceptors (Lipinski definition) is 3. The van der Waals surface area contributed by atoms with Crippen molar-refractivity contribution in [3.8, 4) is 17.7 Å². The maximum Gasteiger partial charge on any atom is 0.177 e. The highest BCUT2D eigenvalue weighted by Gasteiger charge is 2.18. The Bertz CT molecular complexity index is 818. The van der Waals surface area contributed by atoms with Gasteiger partial charge < -0.3 is 8.98 Å². The van der Waals surface area contributed by atoms with E-state index >= 15 is 0 Å². The van der Waals surface area contributed by atoms with Gasteiger partial charge in [-0.1, -0.05) is 0 Å². The molecule has 3 aromatic rings. The van der Waals surface area contributed by atoms with Gasteiger partial charge in [-0.15, -0.1) is 0 Å². The molecule has 2 aromatic heterocycles. The van der Waals surface area contributed by atoms with E-state index in [-0.39, 0.29) is 6.04 Å². The van der Waals surface area contributed by atoms with Gasteiger partial charge in [0.15, 0.2) is 11.6 Å². The quantitative estimate of drug-likeness (QED) is 0.702. The summed E-state index contributed by atoms with van der Waals surface area (Å²) in [6, 6.07) is 9.92. The van der Waals surface area contributed by atoms with Gasteiger partial charge in [0.05, 0.1) is 28.9 Å². The van der Waals surface area contributed by atoms with E-state index in [1.165, 1.54) is 0 Å². The molecule has 0 amide bonds. The van der Waals surface area contributed by atoms with Gasteiger partial charge in [0.25, 0.3) is 0 Å². The SMILES string of the molecule is Cc1ccoc1-c1nc2cc(C#N)ccc2n1C(C)C. The number of rotatable bonds is 2. The second-order valence-corrected chi connectivity index (χ2v) is 5.15. The van der Waals surface area contributed by atoms with Crippen LogP contribution < -0.4 is 0 Å². The predicted molar refractivity (Wildman–Crippen MR) is 77.3 cm³/mol. The van der Waals surface area contributed by atoms with Gasteiger partial charge in [0.1, 0.15) is 0 Å². The third kappa shape index (κ3) is 1.79. The van der Waals surface area contributed by atoms with Crippen LogP contribution in [0.15, 0.2) is 34.9 Å². The molecule has 0 bridgehead atoms. The Kier molecular flexibility index (Phi) is 2.83. The van der Waals surface area contributed by atoms with Crippen molar-refractivity contribution in [1.82, 2.24) is 9.55 Å². The highest BCUT2D eigenvalue weighted by molar-refractivity contribution is 5.81. The lowest BCUT2D eigenvalue weighted by molar-refractivity contribution is 0.555. The molecule has 0 saturated heterocycles. The molecule has 4 nitrogen and oxygen atoms in total. The van der Waals surface area contributed by atoms with Crippen molar-refractivity contribution in [2.24, 2.45) is 0 Å². The molecule has 3 rings (SSSR count). The lowest BCUT2D eigenvalue weighted by Crippen LogP contribution is -2.03. The number of aromatic nitrogens is 2. The van der Waals surface area contributed by atoms with Gasteiger partial charge >= 0.3 is 0 Å². The predicted octanol–water partition coefficient (Wildman–Crippen LogP) is 4.06. The fourth-order valence-electron chi connectivity index (χ4n) is 2.45. The molecule has 2 heterocycles. The Morgan fingerprint density at radius 2 is 2.10 bits per heavy atom. The smallest absolute Gasteiger partial charge is 0.177 e.